The monoisotopic (exact) mass is 396 g/mol. The first-order chi connectivity index (χ1) is 14.2. The summed E-state index contributed by atoms with van der Waals surface area (Å²) in [6.07, 6.45) is 10.4. The van der Waals surface area contributed by atoms with E-state index in [1.165, 1.54) is 5.56 Å². The van der Waals surface area contributed by atoms with Crippen molar-refractivity contribution in [3.63, 3.8) is 0 Å². The highest BCUT2D eigenvalue weighted by molar-refractivity contribution is 5.57. The normalized spacial score (nSPS) is 23.0. The van der Waals surface area contributed by atoms with Gasteiger partial charge in [0.2, 0.25) is 5.95 Å². The maximum atomic E-state index is 9.83. The standard InChI is InChI=1S/C22H32N6O/c1-2-16-13-18(9-12-24-16)27-22-25-14-20(15-7-10-23-11-8-15)21(28-22)26-17-3-5-19(29)6-4-17/h9,12-15,17,19,23,29H,2-8,10-11H2,1H3,(H2,24,25,26,27,28). The summed E-state index contributed by atoms with van der Waals surface area (Å²) >= 11 is 0. The molecule has 0 amide bonds. The van der Waals surface area contributed by atoms with Crippen LogP contribution in [0, 0.1) is 0 Å². The van der Waals surface area contributed by atoms with Crippen LogP contribution < -0.4 is 16.0 Å². The van der Waals surface area contributed by atoms with Crippen LogP contribution >= 0.6 is 0 Å². The molecule has 29 heavy (non-hydrogen) atoms. The zero-order valence-electron chi connectivity index (χ0n) is 17.2. The van der Waals surface area contributed by atoms with E-state index in [-0.39, 0.29) is 6.10 Å². The van der Waals surface area contributed by atoms with Crippen molar-refractivity contribution >= 4 is 17.5 Å². The minimum absolute atomic E-state index is 0.154. The number of nitrogens with zero attached hydrogens (tertiary/aromatic N) is 3. The minimum atomic E-state index is -0.154. The van der Waals surface area contributed by atoms with Gasteiger partial charge in [0.05, 0.1) is 6.10 Å². The predicted molar refractivity (Wildman–Crippen MR) is 116 cm³/mol. The Morgan fingerprint density at radius 2 is 1.90 bits per heavy atom. The van der Waals surface area contributed by atoms with E-state index in [0.29, 0.717) is 17.9 Å². The molecule has 0 bridgehead atoms. The van der Waals surface area contributed by atoms with Gasteiger partial charge >= 0.3 is 0 Å². The second kappa shape index (κ2) is 9.50. The molecule has 4 rings (SSSR count). The van der Waals surface area contributed by atoms with Gasteiger partial charge in [-0.2, -0.15) is 4.98 Å². The number of piperidine rings is 1. The Kier molecular flexibility index (Phi) is 6.56. The highest BCUT2D eigenvalue weighted by Crippen LogP contribution is 2.32. The van der Waals surface area contributed by atoms with Crippen molar-refractivity contribution < 1.29 is 5.11 Å². The van der Waals surface area contributed by atoms with Gasteiger partial charge in [0, 0.05) is 35.4 Å². The first-order valence-corrected chi connectivity index (χ1v) is 11.0. The van der Waals surface area contributed by atoms with Crippen LogP contribution in [-0.2, 0) is 6.42 Å². The molecule has 156 valence electrons. The number of nitrogens with one attached hydrogen (secondary N) is 3. The second-order valence-corrected chi connectivity index (χ2v) is 8.19. The molecule has 7 heteroatoms. The van der Waals surface area contributed by atoms with Gasteiger partial charge in [-0.25, -0.2) is 4.98 Å². The lowest BCUT2D eigenvalue weighted by molar-refractivity contribution is 0.126. The summed E-state index contributed by atoms with van der Waals surface area (Å²) in [6.45, 7) is 4.17. The molecule has 2 aromatic heterocycles. The van der Waals surface area contributed by atoms with Crippen molar-refractivity contribution in [2.45, 2.75) is 69.9 Å². The van der Waals surface area contributed by atoms with Gasteiger partial charge in [-0.3, -0.25) is 4.98 Å². The summed E-state index contributed by atoms with van der Waals surface area (Å²) in [7, 11) is 0. The molecule has 1 saturated heterocycles. The Labute approximate surface area is 172 Å². The Balaban J connectivity index is 1.56. The van der Waals surface area contributed by atoms with E-state index in [4.69, 9.17) is 4.98 Å². The van der Waals surface area contributed by atoms with E-state index in [2.05, 4.69) is 32.8 Å². The summed E-state index contributed by atoms with van der Waals surface area (Å²) in [5.41, 5.74) is 3.21. The third-order valence-electron chi connectivity index (χ3n) is 6.07. The molecule has 0 aromatic carbocycles. The number of aliphatic hydroxyl groups excluding tert-OH is 1. The number of pyridine rings is 1. The Hall–Kier alpha value is -2.25. The first kappa shape index (κ1) is 20.0. The highest BCUT2D eigenvalue weighted by Gasteiger charge is 2.24. The summed E-state index contributed by atoms with van der Waals surface area (Å²) in [5, 5.41) is 20.3. The Bertz CT molecular complexity index is 800. The fourth-order valence-corrected chi connectivity index (χ4v) is 4.29. The lowest BCUT2D eigenvalue weighted by Gasteiger charge is -2.29. The number of aryl methyl sites for hydroxylation is 1. The molecule has 2 aromatic rings. The van der Waals surface area contributed by atoms with Gasteiger partial charge in [-0.1, -0.05) is 6.92 Å². The van der Waals surface area contributed by atoms with Crippen LogP contribution in [0.4, 0.5) is 17.5 Å². The molecule has 1 saturated carbocycles. The van der Waals surface area contributed by atoms with Crippen LogP contribution in [-0.4, -0.2) is 45.3 Å². The third-order valence-corrected chi connectivity index (χ3v) is 6.07. The quantitative estimate of drug-likeness (QED) is 0.595. The maximum absolute atomic E-state index is 9.83. The highest BCUT2D eigenvalue weighted by atomic mass is 16.3. The van der Waals surface area contributed by atoms with Crippen molar-refractivity contribution in [2.75, 3.05) is 23.7 Å². The third kappa shape index (κ3) is 5.22. The molecule has 0 atom stereocenters. The SMILES string of the molecule is CCc1cc(Nc2ncc(C3CCNCC3)c(NC3CCC(O)CC3)n2)ccn1. The molecule has 2 aliphatic rings. The molecule has 0 unspecified atom stereocenters. The van der Waals surface area contributed by atoms with E-state index in [0.717, 1.165) is 75.2 Å². The fraction of sp³-hybridized carbons (Fsp3) is 0.591. The molecule has 7 nitrogen and oxygen atoms in total. The lowest BCUT2D eigenvalue weighted by Crippen LogP contribution is -2.30. The number of rotatable bonds is 6. The van der Waals surface area contributed by atoms with Crippen LogP contribution in [0.15, 0.2) is 24.5 Å². The number of aliphatic hydroxyl groups is 1. The fourth-order valence-electron chi connectivity index (χ4n) is 4.29. The van der Waals surface area contributed by atoms with Crippen LogP contribution in [0.25, 0.3) is 0 Å². The molecular formula is C22H32N6O. The van der Waals surface area contributed by atoms with Crippen molar-refractivity contribution in [1.29, 1.82) is 0 Å². The van der Waals surface area contributed by atoms with Gasteiger partial charge in [0.15, 0.2) is 0 Å². The smallest absolute Gasteiger partial charge is 0.229 e. The molecule has 1 aliphatic carbocycles. The molecule has 0 spiro atoms. The second-order valence-electron chi connectivity index (χ2n) is 8.19. The zero-order valence-corrected chi connectivity index (χ0v) is 17.2. The average molecular weight is 397 g/mol. The van der Waals surface area contributed by atoms with Gasteiger partial charge in [-0.15, -0.1) is 0 Å². The van der Waals surface area contributed by atoms with E-state index in [1.54, 1.807) is 0 Å². The van der Waals surface area contributed by atoms with Crippen LogP contribution in [0.2, 0.25) is 0 Å². The largest absolute Gasteiger partial charge is 0.393 e. The van der Waals surface area contributed by atoms with Crippen molar-refractivity contribution in [2.24, 2.45) is 0 Å². The zero-order chi connectivity index (χ0) is 20.1. The van der Waals surface area contributed by atoms with Gasteiger partial charge in [0.1, 0.15) is 5.82 Å². The van der Waals surface area contributed by atoms with Crippen LogP contribution in [0.5, 0.6) is 0 Å². The molecular weight excluding hydrogens is 364 g/mol. The number of hydrogen-bond acceptors (Lipinski definition) is 7. The van der Waals surface area contributed by atoms with Gasteiger partial charge < -0.3 is 21.1 Å². The van der Waals surface area contributed by atoms with Crippen LogP contribution in [0.1, 0.15) is 62.6 Å². The Morgan fingerprint density at radius 1 is 1.10 bits per heavy atom. The predicted octanol–water partition coefficient (Wildman–Crippen LogP) is 3.36. The maximum Gasteiger partial charge on any atom is 0.229 e. The van der Waals surface area contributed by atoms with Crippen molar-refractivity contribution in [3.8, 4) is 0 Å². The number of aromatic nitrogens is 3. The van der Waals surface area contributed by atoms with Crippen molar-refractivity contribution in [3.05, 3.63) is 35.8 Å². The van der Waals surface area contributed by atoms with E-state index >= 15 is 0 Å². The molecule has 3 heterocycles. The lowest BCUT2D eigenvalue weighted by atomic mass is 9.90. The van der Waals surface area contributed by atoms with Gasteiger partial charge in [-0.05, 0) is 76.1 Å². The summed E-state index contributed by atoms with van der Waals surface area (Å²) in [5.74, 6) is 2.03. The first-order valence-electron chi connectivity index (χ1n) is 11.0. The molecule has 0 radical (unpaired) electrons. The van der Waals surface area contributed by atoms with E-state index in [9.17, 15) is 5.11 Å². The van der Waals surface area contributed by atoms with Gasteiger partial charge in [0.25, 0.3) is 0 Å². The Morgan fingerprint density at radius 3 is 2.66 bits per heavy atom. The summed E-state index contributed by atoms with van der Waals surface area (Å²) in [4.78, 5) is 13.9. The summed E-state index contributed by atoms with van der Waals surface area (Å²) < 4.78 is 0. The number of anilines is 3. The average Bonchev–Trinajstić information content (AvgIpc) is 2.76. The van der Waals surface area contributed by atoms with E-state index < -0.39 is 0 Å². The number of hydrogen-bond donors (Lipinski definition) is 4. The van der Waals surface area contributed by atoms with Crippen LogP contribution in [0.3, 0.4) is 0 Å². The molecule has 2 fully saturated rings. The molecule has 4 N–H and O–H groups in total. The minimum Gasteiger partial charge on any atom is -0.393 e. The molecule has 1 aliphatic heterocycles. The topological polar surface area (TPSA) is 95.0 Å². The van der Waals surface area contributed by atoms with E-state index in [1.807, 2.05) is 24.5 Å². The van der Waals surface area contributed by atoms with Crippen molar-refractivity contribution in [1.82, 2.24) is 20.3 Å². The summed E-state index contributed by atoms with van der Waals surface area (Å²) in [6, 6.07) is 4.34.